The number of nitrogens with zero attached hydrogens (tertiary/aromatic N) is 1. The summed E-state index contributed by atoms with van der Waals surface area (Å²) >= 11 is 5.87. The normalized spacial score (nSPS) is 27.6. The molecule has 1 N–H and O–H groups in total. The third-order valence-corrected chi connectivity index (χ3v) is 2.90. The molecule has 0 aromatic heterocycles. The van der Waals surface area contributed by atoms with Gasteiger partial charge in [-0.15, -0.1) is 0 Å². The van der Waals surface area contributed by atoms with Gasteiger partial charge in [0.05, 0.1) is 0 Å². The molecule has 1 aliphatic heterocycles. The van der Waals surface area contributed by atoms with Crippen LogP contribution in [0.5, 0.6) is 0 Å². The first-order valence-electron chi connectivity index (χ1n) is 5.27. The molecule has 1 unspecified atom stereocenters. The van der Waals surface area contributed by atoms with E-state index in [1.807, 2.05) is 0 Å². The molecule has 1 rings (SSSR count). The first-order valence-corrected chi connectivity index (χ1v) is 5.65. The van der Waals surface area contributed by atoms with Crippen LogP contribution in [0, 0.1) is 0 Å². The topological polar surface area (TPSA) is 15.3 Å². The Morgan fingerprint density at radius 1 is 1.64 bits per heavy atom. The molecule has 2 nitrogen and oxygen atoms in total. The Morgan fingerprint density at radius 3 is 2.79 bits per heavy atom. The lowest BCUT2D eigenvalue weighted by Gasteiger charge is -2.44. The number of hydrogen-bond donors (Lipinski definition) is 1. The summed E-state index contributed by atoms with van der Waals surface area (Å²) in [5, 5.41) is 4.29. The Kier molecular flexibility index (Phi) is 3.99. The average molecular weight is 217 g/mol. The molecule has 0 bridgehead atoms. The van der Waals surface area contributed by atoms with Crippen molar-refractivity contribution in [2.75, 3.05) is 19.6 Å². The van der Waals surface area contributed by atoms with Crippen molar-refractivity contribution in [1.29, 1.82) is 0 Å². The summed E-state index contributed by atoms with van der Waals surface area (Å²) in [6, 6.07) is 0.596. The maximum absolute atomic E-state index is 5.87. The molecule has 0 saturated carbocycles. The zero-order valence-corrected chi connectivity index (χ0v) is 10.2. The second kappa shape index (κ2) is 4.65. The molecule has 1 heterocycles. The zero-order chi connectivity index (χ0) is 10.8. The van der Waals surface area contributed by atoms with Crippen molar-refractivity contribution in [2.24, 2.45) is 0 Å². The van der Waals surface area contributed by atoms with Crippen molar-refractivity contribution >= 4 is 11.6 Å². The molecule has 1 fully saturated rings. The Hall–Kier alpha value is -0.0500. The van der Waals surface area contributed by atoms with Gasteiger partial charge in [0.25, 0.3) is 0 Å². The number of piperazine rings is 1. The zero-order valence-electron chi connectivity index (χ0n) is 9.44. The van der Waals surface area contributed by atoms with Crippen LogP contribution in [0.25, 0.3) is 0 Å². The van der Waals surface area contributed by atoms with Gasteiger partial charge in [0.1, 0.15) is 0 Å². The predicted molar refractivity (Wildman–Crippen MR) is 62.7 cm³/mol. The fraction of sp³-hybridized carbons (Fsp3) is 0.818. The third-order valence-electron chi connectivity index (χ3n) is 2.78. The summed E-state index contributed by atoms with van der Waals surface area (Å²) in [5.41, 5.74) is 0.192. The van der Waals surface area contributed by atoms with Gasteiger partial charge in [0.15, 0.2) is 0 Å². The summed E-state index contributed by atoms with van der Waals surface area (Å²) in [5.74, 6) is 0. The lowest BCUT2D eigenvalue weighted by Crippen LogP contribution is -2.61. The van der Waals surface area contributed by atoms with Crippen molar-refractivity contribution in [3.05, 3.63) is 11.6 Å². The maximum Gasteiger partial charge on any atom is 0.0339 e. The first-order chi connectivity index (χ1) is 6.44. The maximum atomic E-state index is 5.87. The molecule has 0 aliphatic carbocycles. The van der Waals surface area contributed by atoms with Crippen LogP contribution in [-0.4, -0.2) is 36.1 Å². The molecule has 0 radical (unpaired) electrons. The van der Waals surface area contributed by atoms with E-state index in [9.17, 15) is 0 Å². The van der Waals surface area contributed by atoms with E-state index in [0.717, 1.165) is 31.1 Å². The molecule has 1 saturated heterocycles. The lowest BCUT2D eigenvalue weighted by atomic mass is 9.97. The van der Waals surface area contributed by atoms with E-state index in [4.69, 9.17) is 11.6 Å². The van der Waals surface area contributed by atoms with Crippen molar-refractivity contribution in [1.82, 2.24) is 10.2 Å². The van der Waals surface area contributed by atoms with Crippen LogP contribution in [0.1, 0.15) is 27.2 Å². The van der Waals surface area contributed by atoms with Gasteiger partial charge in [-0.25, -0.2) is 0 Å². The molecule has 0 aromatic carbocycles. The first kappa shape index (κ1) is 12.0. The molecule has 0 amide bonds. The van der Waals surface area contributed by atoms with Crippen LogP contribution in [-0.2, 0) is 0 Å². The average Bonchev–Trinajstić information content (AvgIpc) is 2.01. The molecule has 14 heavy (non-hydrogen) atoms. The van der Waals surface area contributed by atoms with Gasteiger partial charge in [-0.05, 0) is 20.3 Å². The quantitative estimate of drug-likeness (QED) is 0.778. The van der Waals surface area contributed by atoms with Gasteiger partial charge >= 0.3 is 0 Å². The summed E-state index contributed by atoms with van der Waals surface area (Å²) in [6.07, 6.45) is 1.16. The smallest absolute Gasteiger partial charge is 0.0339 e. The van der Waals surface area contributed by atoms with Gasteiger partial charge in [-0.1, -0.05) is 25.1 Å². The second-order valence-electron chi connectivity index (χ2n) is 4.75. The van der Waals surface area contributed by atoms with Crippen LogP contribution >= 0.6 is 11.6 Å². The minimum Gasteiger partial charge on any atom is -0.309 e. The minimum atomic E-state index is 0.192. The van der Waals surface area contributed by atoms with Crippen molar-refractivity contribution < 1.29 is 0 Å². The molecular formula is C11H21ClN2. The third kappa shape index (κ3) is 3.26. The highest BCUT2D eigenvalue weighted by Gasteiger charge is 2.31. The Labute approximate surface area is 92.3 Å². The van der Waals surface area contributed by atoms with Crippen LogP contribution < -0.4 is 5.32 Å². The monoisotopic (exact) mass is 216 g/mol. The van der Waals surface area contributed by atoms with Crippen LogP contribution in [0.4, 0.5) is 0 Å². The molecule has 82 valence electrons. The Morgan fingerprint density at radius 2 is 2.29 bits per heavy atom. The van der Waals surface area contributed by atoms with Crippen LogP contribution in [0.2, 0.25) is 0 Å². The van der Waals surface area contributed by atoms with Crippen molar-refractivity contribution in [3.63, 3.8) is 0 Å². The van der Waals surface area contributed by atoms with Gasteiger partial charge in [-0.3, -0.25) is 4.90 Å². The molecule has 1 aliphatic rings. The molecule has 1 atom stereocenters. The minimum absolute atomic E-state index is 0.192. The van der Waals surface area contributed by atoms with E-state index < -0.39 is 0 Å². The standard InChI is InChI=1S/C11H21ClN2/c1-5-10-6-13-11(3,4)8-14(10)7-9(2)12/h10,13H,2,5-8H2,1,3-4H3. The van der Waals surface area contributed by atoms with Crippen LogP contribution in [0.15, 0.2) is 11.6 Å². The second-order valence-corrected chi connectivity index (χ2v) is 5.28. The lowest BCUT2D eigenvalue weighted by molar-refractivity contribution is 0.104. The number of hydrogen-bond acceptors (Lipinski definition) is 2. The Bertz CT molecular complexity index is 213. The summed E-state index contributed by atoms with van der Waals surface area (Å²) in [6.45, 7) is 13.3. The van der Waals surface area contributed by atoms with E-state index in [1.54, 1.807) is 0 Å². The van der Waals surface area contributed by atoms with Crippen molar-refractivity contribution in [2.45, 2.75) is 38.8 Å². The van der Waals surface area contributed by atoms with Crippen molar-refractivity contribution in [3.8, 4) is 0 Å². The highest BCUT2D eigenvalue weighted by atomic mass is 35.5. The van der Waals surface area contributed by atoms with E-state index in [-0.39, 0.29) is 5.54 Å². The van der Waals surface area contributed by atoms with Gasteiger partial charge in [0, 0.05) is 36.2 Å². The van der Waals surface area contributed by atoms with Gasteiger partial charge in [-0.2, -0.15) is 0 Å². The van der Waals surface area contributed by atoms with E-state index >= 15 is 0 Å². The number of halogens is 1. The van der Waals surface area contributed by atoms with E-state index in [1.165, 1.54) is 0 Å². The highest BCUT2D eigenvalue weighted by Crippen LogP contribution is 2.18. The Balaban J connectivity index is 2.60. The van der Waals surface area contributed by atoms with E-state index in [2.05, 4.69) is 37.6 Å². The van der Waals surface area contributed by atoms with E-state index in [0.29, 0.717) is 6.04 Å². The molecule has 3 heteroatoms. The fourth-order valence-electron chi connectivity index (χ4n) is 2.02. The summed E-state index contributed by atoms with van der Waals surface area (Å²) in [7, 11) is 0. The largest absolute Gasteiger partial charge is 0.309 e. The molecule has 0 aromatic rings. The predicted octanol–water partition coefficient (Wildman–Crippen LogP) is 2.20. The summed E-state index contributed by atoms with van der Waals surface area (Å²) in [4.78, 5) is 2.42. The number of nitrogens with one attached hydrogen (secondary N) is 1. The van der Waals surface area contributed by atoms with Gasteiger partial charge < -0.3 is 5.32 Å². The van der Waals surface area contributed by atoms with Gasteiger partial charge in [0.2, 0.25) is 0 Å². The molecule has 0 spiro atoms. The molecular weight excluding hydrogens is 196 g/mol. The number of rotatable bonds is 3. The summed E-state index contributed by atoms with van der Waals surface area (Å²) < 4.78 is 0. The SMILES string of the molecule is C=C(Cl)CN1CC(C)(C)NCC1CC. The fourth-order valence-corrected chi connectivity index (χ4v) is 2.18. The van der Waals surface area contributed by atoms with Crippen LogP contribution in [0.3, 0.4) is 0 Å². The highest BCUT2D eigenvalue weighted by molar-refractivity contribution is 6.29.